The minimum atomic E-state index is -4.75. The molecule has 1 fully saturated rings. The number of piperazine rings is 1. The second-order valence-corrected chi connectivity index (χ2v) is 12.8. The van der Waals surface area contributed by atoms with Crippen molar-refractivity contribution in [1.82, 2.24) is 14.5 Å². The molecule has 43 heavy (non-hydrogen) atoms. The zero-order valence-corrected chi connectivity index (χ0v) is 25.0. The third kappa shape index (κ3) is 5.24. The number of thioether (sulfide) groups is 1. The fraction of sp³-hybridized carbons (Fsp3) is 0.323. The van der Waals surface area contributed by atoms with Crippen molar-refractivity contribution in [3.05, 3.63) is 87.2 Å². The quantitative estimate of drug-likeness (QED) is 0.184. The van der Waals surface area contributed by atoms with Gasteiger partial charge in [-0.3, -0.25) is 9.36 Å². The molecule has 6 nitrogen and oxygen atoms in total. The fourth-order valence-corrected chi connectivity index (χ4v) is 8.41. The minimum absolute atomic E-state index is 0.0793. The van der Waals surface area contributed by atoms with Crippen molar-refractivity contribution in [1.29, 1.82) is 0 Å². The molecule has 1 amide bonds. The summed E-state index contributed by atoms with van der Waals surface area (Å²) in [5.41, 5.74) is 0.0844. The highest BCUT2D eigenvalue weighted by atomic mass is 32.2. The molecule has 0 unspecified atom stereocenters. The first kappa shape index (κ1) is 29.4. The van der Waals surface area contributed by atoms with Crippen LogP contribution in [0, 0.1) is 5.82 Å². The number of anilines is 1. The maximum Gasteiger partial charge on any atom is 0.417 e. The molecule has 224 valence electrons. The molecule has 4 heterocycles. The number of benzene rings is 2. The van der Waals surface area contributed by atoms with Gasteiger partial charge in [-0.1, -0.05) is 18.7 Å². The van der Waals surface area contributed by atoms with Gasteiger partial charge in [0.2, 0.25) is 5.91 Å². The molecule has 0 bridgehead atoms. The number of nitrogens with zero attached hydrogens (tertiary/aromatic N) is 4. The summed E-state index contributed by atoms with van der Waals surface area (Å²) >= 11 is 2.79. The van der Waals surface area contributed by atoms with Crippen molar-refractivity contribution >= 4 is 45.7 Å². The van der Waals surface area contributed by atoms with Crippen LogP contribution in [-0.4, -0.2) is 51.3 Å². The van der Waals surface area contributed by atoms with Crippen LogP contribution in [0.5, 0.6) is 0 Å². The highest BCUT2D eigenvalue weighted by molar-refractivity contribution is 7.99. The Bertz CT molecular complexity index is 1760. The highest BCUT2D eigenvalue weighted by Gasteiger charge is 2.40. The van der Waals surface area contributed by atoms with E-state index in [-0.39, 0.29) is 65.9 Å². The Hall–Kier alpha value is -3.64. The Balaban J connectivity index is 1.63. The summed E-state index contributed by atoms with van der Waals surface area (Å²) in [6, 6.07) is 7.40. The first-order valence-electron chi connectivity index (χ1n) is 13.8. The number of thiophene rings is 1. The predicted molar refractivity (Wildman–Crippen MR) is 162 cm³/mol. The van der Waals surface area contributed by atoms with E-state index in [0.29, 0.717) is 16.2 Å². The van der Waals surface area contributed by atoms with Gasteiger partial charge in [-0.25, -0.2) is 9.18 Å². The standard InChI is InChI=1S/C31H28F4N4O2S2/c1-4-25(40)39-17(2)12-37(13-18(39)3)29-23-11-24(31(33,34)35)26(19-5-7-22(32)8-6-19)28-27(23)38(30(41)36-29)14-21(16-43-28)20-9-10-42-15-20/h4-11,15,17-18,21H,1,12-14,16H2,2-3H3/t17-,18+,21-/m1/s1. The van der Waals surface area contributed by atoms with Gasteiger partial charge < -0.3 is 9.80 Å². The molecule has 0 N–H and O–H groups in total. The first-order valence-corrected chi connectivity index (χ1v) is 15.7. The van der Waals surface area contributed by atoms with Crippen LogP contribution in [0.2, 0.25) is 0 Å². The summed E-state index contributed by atoms with van der Waals surface area (Å²) in [6.45, 7) is 8.08. The molecule has 4 aromatic rings. The van der Waals surface area contributed by atoms with Gasteiger partial charge in [0.15, 0.2) is 0 Å². The smallest absolute Gasteiger partial charge is 0.352 e. The fourth-order valence-electron chi connectivity index (χ4n) is 6.27. The molecule has 6 rings (SSSR count). The van der Waals surface area contributed by atoms with E-state index in [2.05, 4.69) is 11.6 Å². The van der Waals surface area contributed by atoms with Crippen LogP contribution in [0.15, 0.2) is 69.5 Å². The summed E-state index contributed by atoms with van der Waals surface area (Å²) in [5.74, 6) is -0.336. The largest absolute Gasteiger partial charge is 0.417 e. The van der Waals surface area contributed by atoms with Gasteiger partial charge in [0.25, 0.3) is 0 Å². The lowest BCUT2D eigenvalue weighted by atomic mass is 9.96. The van der Waals surface area contributed by atoms with Crippen LogP contribution in [0.1, 0.15) is 30.9 Å². The van der Waals surface area contributed by atoms with E-state index in [1.54, 1.807) is 9.80 Å². The number of aromatic nitrogens is 2. The van der Waals surface area contributed by atoms with E-state index in [1.807, 2.05) is 30.7 Å². The molecule has 2 aromatic carbocycles. The molecule has 2 aromatic heterocycles. The molecule has 2 aliphatic heterocycles. The van der Waals surface area contributed by atoms with E-state index in [0.717, 1.165) is 23.8 Å². The predicted octanol–water partition coefficient (Wildman–Crippen LogP) is 6.78. The van der Waals surface area contributed by atoms with Gasteiger partial charge in [0, 0.05) is 59.2 Å². The topological polar surface area (TPSA) is 58.4 Å². The van der Waals surface area contributed by atoms with Crippen LogP contribution in [-0.2, 0) is 17.5 Å². The molecular weight excluding hydrogens is 600 g/mol. The molecular formula is C31H28F4N4O2S2. The van der Waals surface area contributed by atoms with E-state index in [9.17, 15) is 27.2 Å². The zero-order chi connectivity index (χ0) is 30.6. The molecule has 0 spiro atoms. The normalized spacial score (nSPS) is 20.7. The van der Waals surface area contributed by atoms with Gasteiger partial charge in [-0.15, -0.1) is 11.8 Å². The van der Waals surface area contributed by atoms with Crippen LogP contribution < -0.4 is 10.6 Å². The van der Waals surface area contributed by atoms with Gasteiger partial charge in [-0.05, 0) is 66.1 Å². The molecule has 12 heteroatoms. The van der Waals surface area contributed by atoms with Crippen LogP contribution in [0.4, 0.5) is 23.4 Å². The van der Waals surface area contributed by atoms with Crippen molar-refractivity contribution in [3.63, 3.8) is 0 Å². The Morgan fingerprint density at radius 2 is 1.79 bits per heavy atom. The number of hydrogen-bond donors (Lipinski definition) is 0. The van der Waals surface area contributed by atoms with Crippen LogP contribution in [0.3, 0.4) is 0 Å². The Morgan fingerprint density at radius 1 is 1.09 bits per heavy atom. The van der Waals surface area contributed by atoms with E-state index >= 15 is 0 Å². The van der Waals surface area contributed by atoms with Crippen molar-refractivity contribution < 1.29 is 22.4 Å². The Kier molecular flexibility index (Phi) is 7.62. The van der Waals surface area contributed by atoms with Gasteiger partial charge in [0.05, 0.1) is 11.1 Å². The summed E-state index contributed by atoms with van der Waals surface area (Å²) in [4.78, 5) is 34.5. The number of alkyl halides is 3. The Labute approximate surface area is 253 Å². The van der Waals surface area contributed by atoms with Crippen molar-refractivity contribution in [2.24, 2.45) is 0 Å². The summed E-state index contributed by atoms with van der Waals surface area (Å²) in [5, 5.41) is 4.14. The van der Waals surface area contributed by atoms with E-state index < -0.39 is 23.2 Å². The molecule has 0 saturated carbocycles. The Morgan fingerprint density at radius 3 is 2.40 bits per heavy atom. The van der Waals surface area contributed by atoms with Crippen LogP contribution in [0.25, 0.3) is 22.0 Å². The number of hydrogen-bond acceptors (Lipinski definition) is 6. The number of amides is 1. The molecule has 0 aliphatic carbocycles. The number of halogens is 4. The summed E-state index contributed by atoms with van der Waals surface area (Å²) in [7, 11) is 0. The third-order valence-corrected chi connectivity index (χ3v) is 10.1. The van der Waals surface area contributed by atoms with Crippen LogP contribution >= 0.6 is 23.1 Å². The maximum absolute atomic E-state index is 14.9. The van der Waals surface area contributed by atoms with E-state index in [4.69, 9.17) is 0 Å². The average Bonchev–Trinajstić information content (AvgIpc) is 3.42. The van der Waals surface area contributed by atoms with Crippen molar-refractivity contribution in [3.8, 4) is 11.1 Å². The van der Waals surface area contributed by atoms with Crippen molar-refractivity contribution in [2.75, 3.05) is 23.7 Å². The summed E-state index contributed by atoms with van der Waals surface area (Å²) in [6.07, 6.45) is -3.51. The summed E-state index contributed by atoms with van der Waals surface area (Å²) < 4.78 is 60.1. The molecule has 1 saturated heterocycles. The zero-order valence-electron chi connectivity index (χ0n) is 23.4. The number of rotatable bonds is 4. The molecule has 0 radical (unpaired) electrons. The molecule has 3 atom stereocenters. The maximum atomic E-state index is 14.9. The minimum Gasteiger partial charge on any atom is -0.352 e. The molecule has 2 aliphatic rings. The first-order chi connectivity index (χ1) is 20.5. The lowest BCUT2D eigenvalue weighted by Gasteiger charge is -2.44. The van der Waals surface area contributed by atoms with E-state index in [1.165, 1.54) is 45.9 Å². The lowest BCUT2D eigenvalue weighted by Crippen LogP contribution is -2.58. The highest BCUT2D eigenvalue weighted by Crippen LogP contribution is 2.49. The SMILES string of the molecule is C=CC(=O)N1[C@H](C)CN(c2nc(=O)n3c4c(c(-c5ccc(F)cc5)c(C(F)(F)F)cc24)SC[C@H](c2ccsc2)C3)C[C@@H]1C. The monoisotopic (exact) mass is 628 g/mol. The lowest BCUT2D eigenvalue weighted by molar-refractivity contribution is -0.137. The second-order valence-electron chi connectivity index (χ2n) is 11.0. The average molecular weight is 629 g/mol. The van der Waals surface area contributed by atoms with Crippen molar-refractivity contribution in [2.45, 2.75) is 49.5 Å². The second kappa shape index (κ2) is 11.1. The van der Waals surface area contributed by atoms with Gasteiger partial charge in [-0.2, -0.15) is 29.5 Å². The number of carbonyl (C=O) groups is 1. The van der Waals surface area contributed by atoms with Gasteiger partial charge >= 0.3 is 11.9 Å². The third-order valence-electron chi connectivity index (χ3n) is 8.13. The van der Waals surface area contributed by atoms with Gasteiger partial charge in [0.1, 0.15) is 11.6 Å². The number of carbonyl (C=O) groups excluding carboxylic acids is 1.